The summed E-state index contributed by atoms with van der Waals surface area (Å²) in [5, 5.41) is 27.5. The van der Waals surface area contributed by atoms with Gasteiger partial charge in [0.05, 0.1) is 0 Å². The van der Waals surface area contributed by atoms with Gasteiger partial charge in [-0.05, 0) is 100 Å². The molecule has 2 aliphatic rings. The number of urea groups is 2. The van der Waals surface area contributed by atoms with E-state index in [-0.39, 0.29) is 50.3 Å². The minimum atomic E-state index is -1.12. The first kappa shape index (κ1) is 62.9. The molecule has 0 spiro atoms. The molecule has 4 amide bonds. The minimum Gasteiger partial charge on any atom is -0.480 e. The number of rotatable bonds is 26. The van der Waals surface area contributed by atoms with E-state index in [9.17, 15) is 38.4 Å². The van der Waals surface area contributed by atoms with Crippen LogP contribution in [0.25, 0.3) is 0 Å². The highest BCUT2D eigenvalue weighted by molar-refractivity contribution is 6.02. The number of aliphatic carboxylic acids is 2. The van der Waals surface area contributed by atoms with E-state index >= 15 is 0 Å². The van der Waals surface area contributed by atoms with Gasteiger partial charge in [0.2, 0.25) is 0 Å². The standard InChI is InChI=1S/C56H78N6O12/c1-35(19-13-21-37(3)25-27-41-39(5)49(65)45(31-55(41,7)8)73-47(63)33-61-53(71)59-29-15-23-43(57)51(67)68)17-11-12-18-36(2)20-14-22-38(4)26-28-42-40(6)50(66)46(32-56(42,9)10)74-48(64)34-62-54(72)60-30-16-24-44(58)52(69)70/h11-14,17-22,25-28,43-46H,15-16,23-24,29-34,57-58H2,1-10H3,(H,67,68)(H,69,70)(H2,59,61,71)(H2,60,62,72)/b12-11+,19-13+,20-14+,27-25+,28-26+,35-17+,36-18+,37-21+,38-22+. The molecule has 404 valence electrons. The maximum atomic E-state index is 13.3. The number of carboxylic acids is 2. The van der Waals surface area contributed by atoms with Gasteiger partial charge in [-0.3, -0.25) is 28.8 Å². The maximum Gasteiger partial charge on any atom is 0.326 e. The van der Waals surface area contributed by atoms with Crippen LogP contribution >= 0.6 is 0 Å². The molecule has 4 unspecified atom stereocenters. The average molecular weight is 1030 g/mol. The molecule has 74 heavy (non-hydrogen) atoms. The Labute approximate surface area is 435 Å². The van der Waals surface area contributed by atoms with Crippen molar-refractivity contribution in [3.05, 3.63) is 130 Å². The highest BCUT2D eigenvalue weighted by atomic mass is 16.6. The number of hydrogen-bond donors (Lipinski definition) is 8. The summed E-state index contributed by atoms with van der Waals surface area (Å²) in [4.78, 5) is 97.3. The van der Waals surface area contributed by atoms with Crippen LogP contribution in [-0.2, 0) is 38.2 Å². The highest BCUT2D eigenvalue weighted by Gasteiger charge is 2.41. The molecule has 2 rings (SSSR count). The second-order valence-corrected chi connectivity index (χ2v) is 19.7. The van der Waals surface area contributed by atoms with E-state index < -0.39 is 84.2 Å². The highest BCUT2D eigenvalue weighted by Crippen LogP contribution is 2.42. The number of carbonyl (C=O) groups is 8. The maximum absolute atomic E-state index is 13.3. The summed E-state index contributed by atoms with van der Waals surface area (Å²) in [6, 6.07) is -3.29. The number of ether oxygens (including phenoxy) is 2. The van der Waals surface area contributed by atoms with Gasteiger partial charge in [-0.1, -0.05) is 135 Å². The Morgan fingerprint density at radius 1 is 0.568 bits per heavy atom. The van der Waals surface area contributed by atoms with Crippen LogP contribution < -0.4 is 32.7 Å². The fourth-order valence-electron chi connectivity index (χ4n) is 7.88. The van der Waals surface area contributed by atoms with Crippen molar-refractivity contribution in [1.82, 2.24) is 21.3 Å². The van der Waals surface area contributed by atoms with Gasteiger partial charge in [0.15, 0.2) is 23.8 Å². The molecule has 2 aliphatic carbocycles. The van der Waals surface area contributed by atoms with Crippen molar-refractivity contribution in [2.75, 3.05) is 26.2 Å². The molecule has 0 radical (unpaired) electrons. The predicted molar refractivity (Wildman–Crippen MR) is 285 cm³/mol. The summed E-state index contributed by atoms with van der Waals surface area (Å²) in [6.07, 6.45) is 27.1. The second kappa shape index (κ2) is 30.8. The Bertz CT molecular complexity index is 2280. The van der Waals surface area contributed by atoms with Crippen molar-refractivity contribution in [1.29, 1.82) is 0 Å². The van der Waals surface area contributed by atoms with Crippen LogP contribution in [0.5, 0.6) is 0 Å². The first-order valence-electron chi connectivity index (χ1n) is 24.6. The quantitative estimate of drug-likeness (QED) is 0.0246. The van der Waals surface area contributed by atoms with Crippen LogP contribution in [0, 0.1) is 10.8 Å². The molecule has 0 aromatic carbocycles. The molecular formula is C56H78N6O12. The first-order chi connectivity index (χ1) is 34.6. The average Bonchev–Trinajstić information content (AvgIpc) is 3.31. The van der Waals surface area contributed by atoms with Crippen LogP contribution in [0.15, 0.2) is 130 Å². The monoisotopic (exact) mass is 1030 g/mol. The van der Waals surface area contributed by atoms with Gasteiger partial charge in [0.1, 0.15) is 25.2 Å². The summed E-state index contributed by atoms with van der Waals surface area (Å²) in [7, 11) is 0. The third-order valence-corrected chi connectivity index (χ3v) is 12.2. The number of nitrogens with two attached hydrogens (primary N) is 2. The lowest BCUT2D eigenvalue weighted by Gasteiger charge is -2.36. The van der Waals surface area contributed by atoms with Crippen LogP contribution in [-0.4, -0.2) is 108 Å². The van der Waals surface area contributed by atoms with Crippen molar-refractivity contribution in [2.24, 2.45) is 22.3 Å². The Morgan fingerprint density at radius 3 is 1.23 bits per heavy atom. The molecular weight excluding hydrogens is 949 g/mol. The molecule has 0 aromatic rings. The molecule has 0 heterocycles. The minimum absolute atomic E-state index is 0.174. The summed E-state index contributed by atoms with van der Waals surface area (Å²) < 4.78 is 11.0. The van der Waals surface area contributed by atoms with E-state index in [1.54, 1.807) is 13.8 Å². The van der Waals surface area contributed by atoms with E-state index in [1.807, 2.05) is 140 Å². The van der Waals surface area contributed by atoms with Crippen molar-refractivity contribution in [3.8, 4) is 0 Å². The third-order valence-electron chi connectivity index (χ3n) is 12.2. The van der Waals surface area contributed by atoms with E-state index in [0.29, 0.717) is 24.0 Å². The normalized spacial score (nSPS) is 19.7. The SMILES string of the molecule is CC1=C(/C=C/C(C)=C/C=C/C(C)=C/C=C/C=C(C)/C=C/C=C(C)/C=C/C2=C(C)C(=O)C(OC(=O)CNC(=O)NCCCC(N)C(=O)O)CC2(C)C)C(C)(C)CC(OC(=O)CNC(=O)NCCCC(N)C(=O)O)C1=O. The van der Waals surface area contributed by atoms with Crippen LogP contribution in [0.1, 0.15) is 108 Å². The van der Waals surface area contributed by atoms with E-state index in [0.717, 1.165) is 33.4 Å². The predicted octanol–water partition coefficient (Wildman–Crippen LogP) is 6.99. The number of carbonyl (C=O) groups excluding carboxylic acids is 6. The summed E-state index contributed by atoms with van der Waals surface area (Å²) in [5.74, 6) is -4.34. The summed E-state index contributed by atoms with van der Waals surface area (Å²) in [5.41, 5.74) is 16.6. The smallest absolute Gasteiger partial charge is 0.326 e. The van der Waals surface area contributed by atoms with Crippen molar-refractivity contribution < 1.29 is 58.0 Å². The Morgan fingerprint density at radius 2 is 0.892 bits per heavy atom. The molecule has 0 saturated heterocycles. The summed E-state index contributed by atoms with van der Waals surface area (Å²) in [6.45, 7) is 18.7. The van der Waals surface area contributed by atoms with E-state index in [1.165, 1.54) is 0 Å². The Hall–Kier alpha value is -7.18. The number of ketones is 2. The fourth-order valence-corrected chi connectivity index (χ4v) is 7.88. The van der Waals surface area contributed by atoms with Crippen LogP contribution in [0.4, 0.5) is 9.59 Å². The largest absolute Gasteiger partial charge is 0.480 e. The molecule has 0 saturated carbocycles. The van der Waals surface area contributed by atoms with Crippen molar-refractivity contribution >= 4 is 47.5 Å². The Balaban J connectivity index is 1.89. The fraction of sp³-hybridized carbons (Fsp3) is 0.464. The molecule has 0 fully saturated rings. The van der Waals surface area contributed by atoms with Gasteiger partial charge in [0, 0.05) is 25.9 Å². The first-order valence-corrected chi connectivity index (χ1v) is 24.6. The van der Waals surface area contributed by atoms with Crippen LogP contribution in [0.3, 0.4) is 0 Å². The third kappa shape index (κ3) is 22.7. The van der Waals surface area contributed by atoms with Crippen molar-refractivity contribution in [2.45, 2.75) is 132 Å². The van der Waals surface area contributed by atoms with E-state index in [4.69, 9.17) is 31.2 Å². The lowest BCUT2D eigenvalue weighted by atomic mass is 9.71. The van der Waals surface area contributed by atoms with Gasteiger partial charge in [-0.25, -0.2) is 9.59 Å². The zero-order valence-electron chi connectivity index (χ0n) is 44.6. The molecule has 4 atom stereocenters. The topological polar surface area (TPSA) is 296 Å². The van der Waals surface area contributed by atoms with Gasteiger partial charge in [-0.2, -0.15) is 0 Å². The number of esters is 2. The molecule has 18 heteroatoms. The number of allylic oxidation sites excluding steroid dienone is 20. The zero-order chi connectivity index (χ0) is 55.8. The van der Waals surface area contributed by atoms with Gasteiger partial charge in [0.25, 0.3) is 0 Å². The lowest BCUT2D eigenvalue weighted by Crippen LogP contribution is -2.43. The summed E-state index contributed by atoms with van der Waals surface area (Å²) >= 11 is 0. The second-order valence-electron chi connectivity index (χ2n) is 19.7. The lowest BCUT2D eigenvalue weighted by molar-refractivity contribution is -0.155. The molecule has 0 aromatic heterocycles. The molecule has 0 aliphatic heterocycles. The van der Waals surface area contributed by atoms with Gasteiger partial charge < -0.3 is 52.4 Å². The number of Topliss-reactive ketones (excluding diaryl/α,β-unsaturated/α-hetero) is 2. The number of nitrogens with one attached hydrogen (secondary N) is 4. The van der Waals surface area contributed by atoms with Gasteiger partial charge >= 0.3 is 35.9 Å². The van der Waals surface area contributed by atoms with Crippen LogP contribution in [0.2, 0.25) is 0 Å². The number of carboxylic acid groups (broad SMARTS) is 2. The molecule has 0 bridgehead atoms. The van der Waals surface area contributed by atoms with E-state index in [2.05, 4.69) is 21.3 Å². The molecule has 18 nitrogen and oxygen atoms in total. The van der Waals surface area contributed by atoms with Crippen molar-refractivity contribution in [3.63, 3.8) is 0 Å². The number of amides is 4. The number of hydrogen-bond acceptors (Lipinski definition) is 12. The Kier molecular flexibility index (Phi) is 26.2. The van der Waals surface area contributed by atoms with Gasteiger partial charge in [-0.15, -0.1) is 0 Å². The zero-order valence-corrected chi connectivity index (χ0v) is 44.6. The molecule has 10 N–H and O–H groups in total.